The molecule has 1 amide bonds. The van der Waals surface area contributed by atoms with Gasteiger partial charge in [-0.25, -0.2) is 4.98 Å². The lowest BCUT2D eigenvalue weighted by Gasteiger charge is -2.16. The van der Waals surface area contributed by atoms with E-state index in [4.69, 9.17) is 4.98 Å². The molecule has 0 aliphatic carbocycles. The second-order valence-corrected chi connectivity index (χ2v) is 8.31. The molecule has 0 fully saturated rings. The summed E-state index contributed by atoms with van der Waals surface area (Å²) in [5.41, 5.74) is 5.03. The first-order valence-electron chi connectivity index (χ1n) is 10.2. The minimum atomic E-state index is -0.0482. The van der Waals surface area contributed by atoms with Crippen LogP contribution in [0.4, 0.5) is 0 Å². The Kier molecular flexibility index (Phi) is 5.99. The summed E-state index contributed by atoms with van der Waals surface area (Å²) in [5, 5.41) is 13.3. The van der Waals surface area contributed by atoms with Crippen molar-refractivity contribution in [3.8, 4) is 0 Å². The molecular weight excluding hydrogens is 394 g/mol. The van der Waals surface area contributed by atoms with Crippen molar-refractivity contribution in [2.24, 2.45) is 0 Å². The maximum absolute atomic E-state index is 12.5. The monoisotopic (exact) mass is 419 g/mol. The van der Waals surface area contributed by atoms with Gasteiger partial charge in [-0.1, -0.05) is 61.2 Å². The molecule has 1 N–H and O–H groups in total. The maximum atomic E-state index is 12.5. The summed E-state index contributed by atoms with van der Waals surface area (Å²) in [4.78, 5) is 17.2. The fourth-order valence-corrected chi connectivity index (χ4v) is 4.36. The molecule has 2 heterocycles. The third kappa shape index (κ3) is 4.03. The number of hydrogen-bond donors (Lipinski definition) is 1. The van der Waals surface area contributed by atoms with Gasteiger partial charge in [0.25, 0.3) is 0 Å². The standard InChI is InChI=1S/C23H25N5OS/c1-4-13-28-19-12-8-7-11-18(19)21-22(28)25-23(27-26-21)30-14-20(29)24-16(3)17-10-6-5-9-15(17)2/h5-12,16H,4,13-14H2,1-3H3,(H,24,29). The molecule has 7 heteroatoms. The van der Waals surface area contributed by atoms with Gasteiger partial charge in [0.2, 0.25) is 11.1 Å². The molecule has 2 aromatic carbocycles. The normalized spacial score (nSPS) is 12.4. The number of carbonyl (C=O) groups is 1. The Morgan fingerprint density at radius 1 is 1.13 bits per heavy atom. The summed E-state index contributed by atoms with van der Waals surface area (Å²) < 4.78 is 2.18. The molecule has 1 unspecified atom stereocenters. The second-order valence-electron chi connectivity index (χ2n) is 7.37. The first-order chi connectivity index (χ1) is 14.6. The lowest BCUT2D eigenvalue weighted by molar-refractivity contribution is -0.119. The number of carbonyl (C=O) groups excluding carboxylic acids is 1. The zero-order valence-corrected chi connectivity index (χ0v) is 18.2. The highest BCUT2D eigenvalue weighted by molar-refractivity contribution is 7.99. The molecule has 4 rings (SSSR count). The van der Waals surface area contributed by atoms with Crippen molar-refractivity contribution in [3.63, 3.8) is 0 Å². The molecule has 30 heavy (non-hydrogen) atoms. The average molecular weight is 420 g/mol. The van der Waals surface area contributed by atoms with Crippen LogP contribution in [-0.2, 0) is 11.3 Å². The number of nitrogens with one attached hydrogen (secondary N) is 1. The molecule has 0 saturated carbocycles. The van der Waals surface area contributed by atoms with Crippen LogP contribution in [0.15, 0.2) is 53.7 Å². The van der Waals surface area contributed by atoms with Crippen LogP contribution in [0.3, 0.4) is 0 Å². The number of benzene rings is 2. The summed E-state index contributed by atoms with van der Waals surface area (Å²) in [6.07, 6.45) is 0.999. The molecule has 1 atom stereocenters. The smallest absolute Gasteiger partial charge is 0.230 e. The minimum Gasteiger partial charge on any atom is -0.349 e. The molecule has 0 saturated heterocycles. The van der Waals surface area contributed by atoms with E-state index >= 15 is 0 Å². The summed E-state index contributed by atoms with van der Waals surface area (Å²) in [7, 11) is 0. The summed E-state index contributed by atoms with van der Waals surface area (Å²) in [6, 6.07) is 16.2. The van der Waals surface area contributed by atoms with Crippen LogP contribution in [-0.4, -0.2) is 31.4 Å². The topological polar surface area (TPSA) is 72.7 Å². The summed E-state index contributed by atoms with van der Waals surface area (Å²) >= 11 is 1.31. The highest BCUT2D eigenvalue weighted by Crippen LogP contribution is 2.27. The van der Waals surface area contributed by atoms with Gasteiger partial charge >= 0.3 is 0 Å². The largest absolute Gasteiger partial charge is 0.349 e. The van der Waals surface area contributed by atoms with Crippen LogP contribution >= 0.6 is 11.8 Å². The fraction of sp³-hybridized carbons (Fsp3) is 0.304. The zero-order chi connectivity index (χ0) is 21.1. The molecule has 0 aliphatic rings. The molecular formula is C23H25N5OS. The van der Waals surface area contributed by atoms with Crippen LogP contribution in [0.1, 0.15) is 37.4 Å². The highest BCUT2D eigenvalue weighted by atomic mass is 32.2. The lowest BCUT2D eigenvalue weighted by Crippen LogP contribution is -2.28. The quantitative estimate of drug-likeness (QED) is 0.441. The summed E-state index contributed by atoms with van der Waals surface area (Å²) in [5.74, 6) is 0.200. The first-order valence-corrected chi connectivity index (χ1v) is 11.2. The van der Waals surface area contributed by atoms with E-state index in [1.807, 2.05) is 43.3 Å². The Labute approximate surface area is 180 Å². The van der Waals surface area contributed by atoms with E-state index in [2.05, 4.69) is 46.1 Å². The van der Waals surface area contributed by atoms with Gasteiger partial charge in [0, 0.05) is 11.9 Å². The summed E-state index contributed by atoms with van der Waals surface area (Å²) in [6.45, 7) is 7.06. The number of rotatable bonds is 7. The van der Waals surface area contributed by atoms with Gasteiger partial charge in [-0.05, 0) is 37.5 Å². The SMILES string of the molecule is CCCn1c2ccccc2c2nnc(SCC(=O)NC(C)c3ccccc3C)nc21. The third-order valence-electron chi connectivity index (χ3n) is 5.17. The number of amides is 1. The van der Waals surface area contributed by atoms with Crippen molar-refractivity contribution in [2.75, 3.05) is 5.75 Å². The number of hydrogen-bond acceptors (Lipinski definition) is 5. The van der Waals surface area contributed by atoms with Crippen molar-refractivity contribution < 1.29 is 4.79 Å². The van der Waals surface area contributed by atoms with Crippen molar-refractivity contribution >= 4 is 39.7 Å². The van der Waals surface area contributed by atoms with Gasteiger partial charge in [-0.3, -0.25) is 4.79 Å². The maximum Gasteiger partial charge on any atom is 0.230 e. The highest BCUT2D eigenvalue weighted by Gasteiger charge is 2.16. The molecule has 0 bridgehead atoms. The number of nitrogens with zero attached hydrogens (tertiary/aromatic N) is 4. The molecule has 6 nitrogen and oxygen atoms in total. The predicted molar refractivity (Wildman–Crippen MR) is 122 cm³/mol. The van der Waals surface area contributed by atoms with Crippen LogP contribution in [0.5, 0.6) is 0 Å². The second kappa shape index (κ2) is 8.83. The molecule has 0 aliphatic heterocycles. The van der Waals surface area contributed by atoms with Gasteiger partial charge in [0.1, 0.15) is 5.52 Å². The van der Waals surface area contributed by atoms with E-state index in [0.29, 0.717) is 5.16 Å². The molecule has 154 valence electrons. The molecule has 0 spiro atoms. The Balaban J connectivity index is 1.50. The van der Waals surface area contributed by atoms with Crippen LogP contribution < -0.4 is 5.32 Å². The van der Waals surface area contributed by atoms with E-state index in [-0.39, 0.29) is 17.7 Å². The van der Waals surface area contributed by atoms with Crippen molar-refractivity contribution in [3.05, 3.63) is 59.7 Å². The van der Waals surface area contributed by atoms with Gasteiger partial charge in [-0.15, -0.1) is 10.2 Å². The van der Waals surface area contributed by atoms with Crippen LogP contribution in [0.2, 0.25) is 0 Å². The zero-order valence-electron chi connectivity index (χ0n) is 17.4. The minimum absolute atomic E-state index is 0.0476. The van der Waals surface area contributed by atoms with Crippen molar-refractivity contribution in [1.82, 2.24) is 25.1 Å². The van der Waals surface area contributed by atoms with E-state index in [1.54, 1.807) is 0 Å². The van der Waals surface area contributed by atoms with Gasteiger partial charge in [0.15, 0.2) is 5.65 Å². The predicted octanol–water partition coefficient (Wildman–Crippen LogP) is 4.67. The lowest BCUT2D eigenvalue weighted by atomic mass is 10.0. The van der Waals surface area contributed by atoms with Crippen LogP contribution in [0, 0.1) is 6.92 Å². The van der Waals surface area contributed by atoms with Crippen LogP contribution in [0.25, 0.3) is 22.1 Å². The number of para-hydroxylation sites is 1. The van der Waals surface area contributed by atoms with E-state index < -0.39 is 0 Å². The van der Waals surface area contributed by atoms with Crippen molar-refractivity contribution in [2.45, 2.75) is 44.9 Å². The Hall–Kier alpha value is -2.93. The Morgan fingerprint density at radius 3 is 2.70 bits per heavy atom. The van der Waals surface area contributed by atoms with Gasteiger partial charge in [0.05, 0.1) is 17.3 Å². The number of thioether (sulfide) groups is 1. The number of fused-ring (bicyclic) bond motifs is 3. The Bertz CT molecular complexity index is 1200. The van der Waals surface area contributed by atoms with E-state index in [9.17, 15) is 4.79 Å². The Morgan fingerprint density at radius 2 is 1.90 bits per heavy atom. The third-order valence-corrected chi connectivity index (χ3v) is 6.00. The molecule has 2 aromatic heterocycles. The molecule has 4 aromatic rings. The van der Waals surface area contributed by atoms with E-state index in [0.717, 1.165) is 40.6 Å². The average Bonchev–Trinajstić information content (AvgIpc) is 3.06. The van der Waals surface area contributed by atoms with Gasteiger partial charge < -0.3 is 9.88 Å². The number of aromatic nitrogens is 4. The van der Waals surface area contributed by atoms with Gasteiger partial charge in [-0.2, -0.15) is 0 Å². The van der Waals surface area contributed by atoms with Crippen molar-refractivity contribution in [1.29, 1.82) is 0 Å². The first kappa shape index (κ1) is 20.3. The molecule has 0 radical (unpaired) electrons. The fourth-order valence-electron chi connectivity index (χ4n) is 3.76. The number of aryl methyl sites for hydroxylation is 2. The van der Waals surface area contributed by atoms with E-state index in [1.165, 1.54) is 17.3 Å².